The van der Waals surface area contributed by atoms with Crippen molar-refractivity contribution in [2.45, 2.75) is 13.8 Å². The second-order valence-electron chi connectivity index (χ2n) is 8.34. The summed E-state index contributed by atoms with van der Waals surface area (Å²) in [5, 5.41) is 9.17. The van der Waals surface area contributed by atoms with Gasteiger partial charge in [0.15, 0.2) is 18.1 Å². The molecule has 214 valence electrons. The molecule has 0 saturated carbocycles. The van der Waals surface area contributed by atoms with Gasteiger partial charge in [0, 0.05) is 15.8 Å². The van der Waals surface area contributed by atoms with Crippen LogP contribution in [-0.2, 0) is 14.4 Å². The zero-order chi connectivity index (χ0) is 29.8. The fourth-order valence-electron chi connectivity index (χ4n) is 3.32. The lowest BCUT2D eigenvalue weighted by Crippen LogP contribution is -2.32. The Bertz CT molecular complexity index is 1450. The summed E-state index contributed by atoms with van der Waals surface area (Å²) in [7, 11) is 0. The third-order valence-corrected chi connectivity index (χ3v) is 6.88. The summed E-state index contributed by atoms with van der Waals surface area (Å²) in [5.41, 5.74) is 4.85. The monoisotopic (exact) mass is 734 g/mol. The van der Waals surface area contributed by atoms with Gasteiger partial charge in [0.25, 0.3) is 5.91 Å². The maximum Gasteiger partial charge on any atom is 0.329 e. The Kier molecular flexibility index (Phi) is 12.2. The molecule has 0 radical (unpaired) electrons. The van der Waals surface area contributed by atoms with Crippen LogP contribution in [0.2, 0.25) is 0 Å². The second kappa shape index (κ2) is 15.8. The fourth-order valence-corrected chi connectivity index (χ4v) is 4.34. The van der Waals surface area contributed by atoms with Crippen molar-refractivity contribution in [2.75, 3.05) is 30.5 Å². The van der Waals surface area contributed by atoms with E-state index >= 15 is 0 Å². The Morgan fingerprint density at radius 2 is 1.71 bits per heavy atom. The van der Waals surface area contributed by atoms with Crippen LogP contribution in [0.1, 0.15) is 18.1 Å². The number of amides is 3. The number of nitrogens with one attached hydrogen (secondary N) is 3. The molecule has 0 spiro atoms. The molecule has 0 fully saturated rings. The van der Waals surface area contributed by atoms with Crippen molar-refractivity contribution in [2.24, 2.45) is 5.10 Å². The molecule has 10 nitrogen and oxygen atoms in total. The molecule has 3 aromatic rings. The van der Waals surface area contributed by atoms with Crippen LogP contribution in [0.15, 0.2) is 76.8 Å². The van der Waals surface area contributed by atoms with Gasteiger partial charge in [-0.3, -0.25) is 14.4 Å². The number of carbonyl (C=O) groups excluding carboxylic acids is 3. The van der Waals surface area contributed by atoms with Crippen LogP contribution in [-0.4, -0.2) is 43.8 Å². The highest BCUT2D eigenvalue weighted by molar-refractivity contribution is 14.1. The second-order valence-corrected chi connectivity index (χ2v) is 10.4. The van der Waals surface area contributed by atoms with Crippen LogP contribution >= 0.6 is 38.5 Å². The number of nitrogens with zero attached hydrogens (tertiary/aromatic N) is 1. The first-order valence-electron chi connectivity index (χ1n) is 12.3. The number of aryl methyl sites for hydroxylation is 1. The van der Waals surface area contributed by atoms with Crippen molar-refractivity contribution in [3.8, 4) is 17.2 Å². The molecule has 3 amide bonds. The van der Waals surface area contributed by atoms with E-state index in [-0.39, 0.29) is 12.5 Å². The summed E-state index contributed by atoms with van der Waals surface area (Å²) in [6.45, 7) is 7.82. The standard InChI is InChI=1S/C29H28BrIN4O6/c1-4-12-40-22-9-6-20(7-10-22)34-28(37)29(38)35-32-16-19-14-24(31)27(25(15-19)39-5-2)41-17-26(36)33-21-8-11-23(30)18(3)13-21/h4,6-11,13-16H,1,5,12,17H2,2-3H3,(H,33,36)(H,34,37)(H,35,38)/b32-16-. The molecule has 3 rings (SSSR count). The van der Waals surface area contributed by atoms with Gasteiger partial charge in [0.05, 0.1) is 16.4 Å². The van der Waals surface area contributed by atoms with Crippen molar-refractivity contribution in [1.82, 2.24) is 5.43 Å². The van der Waals surface area contributed by atoms with Gasteiger partial charge in [-0.1, -0.05) is 28.6 Å². The molecule has 3 N–H and O–H groups in total. The van der Waals surface area contributed by atoms with Crippen molar-refractivity contribution >= 4 is 73.8 Å². The highest BCUT2D eigenvalue weighted by Gasteiger charge is 2.15. The van der Waals surface area contributed by atoms with Crippen LogP contribution in [0, 0.1) is 10.5 Å². The normalized spacial score (nSPS) is 10.5. The van der Waals surface area contributed by atoms with E-state index in [2.05, 4.69) is 66.3 Å². The van der Waals surface area contributed by atoms with E-state index < -0.39 is 11.8 Å². The largest absolute Gasteiger partial charge is 0.490 e. The lowest BCUT2D eigenvalue weighted by atomic mass is 10.2. The van der Waals surface area contributed by atoms with Gasteiger partial charge in [-0.2, -0.15) is 5.10 Å². The maximum atomic E-state index is 12.5. The number of rotatable bonds is 12. The van der Waals surface area contributed by atoms with Crippen LogP contribution in [0.4, 0.5) is 11.4 Å². The van der Waals surface area contributed by atoms with Crippen LogP contribution in [0.5, 0.6) is 17.2 Å². The van der Waals surface area contributed by atoms with E-state index in [9.17, 15) is 14.4 Å². The fraction of sp³-hybridized carbons (Fsp3) is 0.172. The van der Waals surface area contributed by atoms with Crippen molar-refractivity contribution in [3.05, 3.63) is 86.4 Å². The van der Waals surface area contributed by atoms with Gasteiger partial charge < -0.3 is 24.8 Å². The third kappa shape index (κ3) is 9.90. The first-order valence-corrected chi connectivity index (χ1v) is 14.2. The molecule has 0 heterocycles. The van der Waals surface area contributed by atoms with E-state index in [4.69, 9.17) is 14.2 Å². The molecule has 0 aliphatic heterocycles. The van der Waals surface area contributed by atoms with Crippen LogP contribution in [0.25, 0.3) is 0 Å². The summed E-state index contributed by atoms with van der Waals surface area (Å²) in [4.78, 5) is 36.9. The van der Waals surface area contributed by atoms with Gasteiger partial charge in [0.1, 0.15) is 12.4 Å². The van der Waals surface area contributed by atoms with Gasteiger partial charge in [-0.25, -0.2) is 5.43 Å². The Morgan fingerprint density at radius 1 is 0.976 bits per heavy atom. The molecule has 0 bridgehead atoms. The Hall–Kier alpha value is -3.91. The van der Waals surface area contributed by atoms with E-state index in [0.717, 1.165) is 10.0 Å². The van der Waals surface area contributed by atoms with Crippen molar-refractivity contribution in [1.29, 1.82) is 0 Å². The number of carbonyl (C=O) groups is 3. The van der Waals surface area contributed by atoms with Gasteiger partial charge in [0.2, 0.25) is 0 Å². The third-order valence-electron chi connectivity index (χ3n) is 5.19. The number of anilines is 2. The molecule has 0 aliphatic carbocycles. The lowest BCUT2D eigenvalue weighted by molar-refractivity contribution is -0.136. The van der Waals surface area contributed by atoms with Gasteiger partial charge in [-0.05, 0) is 102 Å². The number of hydrogen-bond donors (Lipinski definition) is 3. The summed E-state index contributed by atoms with van der Waals surface area (Å²) >= 11 is 5.50. The molecule has 12 heteroatoms. The molecule has 0 atom stereocenters. The van der Waals surface area contributed by atoms with Crippen molar-refractivity contribution in [3.63, 3.8) is 0 Å². The molecule has 0 saturated heterocycles. The Labute approximate surface area is 259 Å². The molecular weight excluding hydrogens is 707 g/mol. The SMILES string of the molecule is C=CCOc1ccc(NC(=O)C(=O)N/N=C\c2cc(I)c(OCC(=O)Nc3ccc(Br)c(C)c3)c(OCC)c2)cc1. The minimum absolute atomic E-state index is 0.228. The Morgan fingerprint density at radius 3 is 2.39 bits per heavy atom. The first kappa shape index (κ1) is 31.6. The average Bonchev–Trinajstić information content (AvgIpc) is 2.94. The average molecular weight is 735 g/mol. The maximum absolute atomic E-state index is 12.5. The zero-order valence-corrected chi connectivity index (χ0v) is 26.1. The van der Waals surface area contributed by atoms with Crippen molar-refractivity contribution < 1.29 is 28.6 Å². The lowest BCUT2D eigenvalue weighted by Gasteiger charge is -2.15. The van der Waals surface area contributed by atoms with Crippen LogP contribution < -0.4 is 30.3 Å². The van der Waals surface area contributed by atoms with E-state index in [1.807, 2.05) is 26.0 Å². The highest BCUT2D eigenvalue weighted by Crippen LogP contribution is 2.34. The van der Waals surface area contributed by atoms with Gasteiger partial charge in [-0.15, -0.1) is 0 Å². The van der Waals surface area contributed by atoms with E-state index in [0.29, 0.717) is 51.0 Å². The molecule has 41 heavy (non-hydrogen) atoms. The van der Waals surface area contributed by atoms with Gasteiger partial charge >= 0.3 is 11.8 Å². The molecular formula is C29H28BrIN4O6. The van der Waals surface area contributed by atoms with Crippen LogP contribution in [0.3, 0.4) is 0 Å². The smallest absolute Gasteiger partial charge is 0.329 e. The highest BCUT2D eigenvalue weighted by atomic mass is 127. The topological polar surface area (TPSA) is 127 Å². The van der Waals surface area contributed by atoms with E-state index in [1.165, 1.54) is 6.21 Å². The quantitative estimate of drug-likeness (QED) is 0.0749. The predicted molar refractivity (Wildman–Crippen MR) is 170 cm³/mol. The predicted octanol–water partition coefficient (Wildman–Crippen LogP) is 5.43. The molecule has 0 aromatic heterocycles. The summed E-state index contributed by atoms with van der Waals surface area (Å²) < 4.78 is 18.5. The molecule has 0 aliphatic rings. The minimum Gasteiger partial charge on any atom is -0.490 e. The number of hydrazone groups is 1. The number of halogens is 2. The summed E-state index contributed by atoms with van der Waals surface area (Å²) in [5.74, 6) is -0.748. The number of hydrogen-bond acceptors (Lipinski definition) is 7. The first-order chi connectivity index (χ1) is 19.7. The minimum atomic E-state index is -0.945. The number of benzene rings is 3. The number of ether oxygens (including phenoxy) is 3. The van der Waals surface area contributed by atoms with E-state index in [1.54, 1.807) is 48.5 Å². The summed E-state index contributed by atoms with van der Waals surface area (Å²) in [6.07, 6.45) is 2.99. The summed E-state index contributed by atoms with van der Waals surface area (Å²) in [6, 6.07) is 15.4. The zero-order valence-electron chi connectivity index (χ0n) is 22.3. The molecule has 3 aromatic carbocycles. The Balaban J connectivity index is 1.58. The molecule has 0 unspecified atom stereocenters.